The second-order valence-electron chi connectivity index (χ2n) is 6.69. The van der Waals surface area contributed by atoms with Crippen molar-refractivity contribution in [2.75, 3.05) is 7.11 Å². The fraction of sp³-hybridized carbons (Fsp3) is 0.444. The number of carbonyl (C=O) groups is 2. The van der Waals surface area contributed by atoms with Crippen molar-refractivity contribution in [3.05, 3.63) is 36.0 Å². The number of rotatable bonds is 4. The van der Waals surface area contributed by atoms with Gasteiger partial charge in [-0.05, 0) is 45.2 Å². The molecule has 0 saturated heterocycles. The van der Waals surface area contributed by atoms with Crippen LogP contribution in [0, 0.1) is 0 Å². The van der Waals surface area contributed by atoms with Crippen molar-refractivity contribution >= 4 is 23.0 Å². The molecule has 0 aliphatic rings. The van der Waals surface area contributed by atoms with Gasteiger partial charge in [0, 0.05) is 11.6 Å². The second kappa shape index (κ2) is 7.05. The lowest BCUT2D eigenvalue weighted by Gasteiger charge is -2.19. The lowest BCUT2D eigenvalue weighted by atomic mass is 10.1. The Morgan fingerprint density at radius 3 is 2.54 bits per heavy atom. The maximum atomic E-state index is 12.4. The van der Waals surface area contributed by atoms with Gasteiger partial charge < -0.3 is 15.2 Å². The van der Waals surface area contributed by atoms with E-state index >= 15 is 0 Å². The van der Waals surface area contributed by atoms with Gasteiger partial charge in [0.25, 0.3) is 0 Å². The Bertz CT molecular complexity index is 743. The van der Waals surface area contributed by atoms with Crippen LogP contribution in [0.4, 0.5) is 4.79 Å². The van der Waals surface area contributed by atoms with E-state index < -0.39 is 23.7 Å². The van der Waals surface area contributed by atoms with Crippen LogP contribution in [-0.2, 0) is 20.7 Å². The molecule has 2 rings (SSSR count). The first-order valence-corrected chi connectivity index (χ1v) is 7.88. The van der Waals surface area contributed by atoms with Gasteiger partial charge in [0.05, 0.1) is 12.6 Å². The van der Waals surface area contributed by atoms with E-state index in [0.29, 0.717) is 12.8 Å². The maximum Gasteiger partial charge on any atom is 0.419 e. The Labute approximate surface area is 141 Å². The molecule has 0 unspecified atom stereocenters. The van der Waals surface area contributed by atoms with Crippen LogP contribution in [0.1, 0.15) is 32.8 Å². The van der Waals surface area contributed by atoms with Gasteiger partial charge in [-0.15, -0.1) is 0 Å². The number of aryl methyl sites for hydroxylation is 1. The third-order valence-electron chi connectivity index (χ3n) is 3.61. The van der Waals surface area contributed by atoms with Crippen LogP contribution in [0.15, 0.2) is 30.5 Å². The number of carbonyl (C=O) groups excluding carboxylic acids is 2. The van der Waals surface area contributed by atoms with Crippen molar-refractivity contribution in [3.8, 4) is 0 Å². The molecule has 0 saturated carbocycles. The highest BCUT2D eigenvalue weighted by molar-refractivity contribution is 5.92. The van der Waals surface area contributed by atoms with Crippen LogP contribution in [0.5, 0.6) is 0 Å². The van der Waals surface area contributed by atoms with Crippen molar-refractivity contribution < 1.29 is 19.1 Å². The lowest BCUT2D eigenvalue weighted by molar-refractivity contribution is -0.142. The average Bonchev–Trinajstić information content (AvgIpc) is 2.89. The summed E-state index contributed by atoms with van der Waals surface area (Å²) in [6.07, 6.45) is 2.33. The monoisotopic (exact) mass is 332 g/mol. The third-order valence-corrected chi connectivity index (χ3v) is 3.61. The van der Waals surface area contributed by atoms with Crippen LogP contribution in [0.3, 0.4) is 0 Å². The van der Waals surface area contributed by atoms with E-state index in [0.717, 1.165) is 16.5 Å². The average molecular weight is 332 g/mol. The van der Waals surface area contributed by atoms with Crippen molar-refractivity contribution in [2.24, 2.45) is 5.73 Å². The number of hydrogen-bond acceptors (Lipinski definition) is 5. The first-order valence-electron chi connectivity index (χ1n) is 7.88. The van der Waals surface area contributed by atoms with Gasteiger partial charge in [-0.25, -0.2) is 4.79 Å². The standard InChI is InChI=1S/C18H24N2O4/c1-18(2,3)24-17(22)20-11-12(9-10-14(19)16(21)23-4)13-7-5-6-8-15(13)20/h5-8,11,14H,9-10,19H2,1-4H3/t14-/m0/s1. The van der Waals surface area contributed by atoms with Crippen LogP contribution >= 0.6 is 0 Å². The van der Waals surface area contributed by atoms with E-state index in [9.17, 15) is 9.59 Å². The molecule has 0 fully saturated rings. The number of fused-ring (bicyclic) bond motifs is 1. The summed E-state index contributed by atoms with van der Waals surface area (Å²) in [5.74, 6) is -0.439. The first-order chi connectivity index (χ1) is 11.2. The van der Waals surface area contributed by atoms with E-state index in [-0.39, 0.29) is 0 Å². The minimum atomic E-state index is -0.682. The molecule has 6 nitrogen and oxygen atoms in total. The van der Waals surface area contributed by atoms with Gasteiger partial charge >= 0.3 is 12.1 Å². The molecule has 0 radical (unpaired) electrons. The van der Waals surface area contributed by atoms with Crippen molar-refractivity contribution in [1.82, 2.24) is 4.57 Å². The van der Waals surface area contributed by atoms with Gasteiger partial charge in [0.1, 0.15) is 11.6 Å². The summed E-state index contributed by atoms with van der Waals surface area (Å²) in [6.45, 7) is 5.48. The lowest BCUT2D eigenvalue weighted by Crippen LogP contribution is -2.31. The Hall–Kier alpha value is -2.34. The zero-order valence-corrected chi connectivity index (χ0v) is 14.5. The van der Waals surface area contributed by atoms with Gasteiger partial charge in [-0.3, -0.25) is 9.36 Å². The number of aromatic nitrogens is 1. The molecule has 0 bridgehead atoms. The van der Waals surface area contributed by atoms with Crippen molar-refractivity contribution in [1.29, 1.82) is 0 Å². The van der Waals surface area contributed by atoms with Gasteiger partial charge in [-0.1, -0.05) is 18.2 Å². The highest BCUT2D eigenvalue weighted by atomic mass is 16.6. The minimum absolute atomic E-state index is 0.429. The highest BCUT2D eigenvalue weighted by Crippen LogP contribution is 2.24. The molecule has 24 heavy (non-hydrogen) atoms. The Balaban J connectivity index is 2.29. The zero-order valence-electron chi connectivity index (χ0n) is 14.5. The molecule has 1 atom stereocenters. The molecule has 6 heteroatoms. The second-order valence-corrected chi connectivity index (χ2v) is 6.69. The topological polar surface area (TPSA) is 83.5 Å². The number of methoxy groups -OCH3 is 1. The van der Waals surface area contributed by atoms with Crippen molar-refractivity contribution in [3.63, 3.8) is 0 Å². The number of benzene rings is 1. The summed E-state index contributed by atoms with van der Waals surface area (Å²) < 4.78 is 11.6. The van der Waals surface area contributed by atoms with Crippen LogP contribution < -0.4 is 5.73 Å². The van der Waals surface area contributed by atoms with Crippen molar-refractivity contribution in [2.45, 2.75) is 45.3 Å². The number of ether oxygens (including phenoxy) is 2. The summed E-state index contributed by atoms with van der Waals surface area (Å²) in [6, 6.07) is 6.90. The summed E-state index contributed by atoms with van der Waals surface area (Å²) in [4.78, 5) is 23.9. The Morgan fingerprint density at radius 2 is 1.92 bits per heavy atom. The van der Waals surface area contributed by atoms with E-state index in [2.05, 4.69) is 4.74 Å². The molecular weight excluding hydrogens is 308 g/mol. The maximum absolute atomic E-state index is 12.4. The van der Waals surface area contributed by atoms with E-state index in [1.165, 1.54) is 11.7 Å². The van der Waals surface area contributed by atoms with E-state index in [1.54, 1.807) is 6.20 Å². The van der Waals surface area contributed by atoms with E-state index in [1.807, 2.05) is 45.0 Å². The van der Waals surface area contributed by atoms with Gasteiger partial charge in [0.15, 0.2) is 0 Å². The van der Waals surface area contributed by atoms with E-state index in [4.69, 9.17) is 10.5 Å². The Kier molecular flexibility index (Phi) is 5.29. The van der Waals surface area contributed by atoms with Gasteiger partial charge in [0.2, 0.25) is 0 Å². The molecule has 1 aromatic carbocycles. The SMILES string of the molecule is COC(=O)[C@@H](N)CCc1cn(C(=O)OC(C)(C)C)c2ccccc12. The molecule has 1 aromatic heterocycles. The highest BCUT2D eigenvalue weighted by Gasteiger charge is 2.21. The molecule has 2 aromatic rings. The molecule has 130 valence electrons. The zero-order chi connectivity index (χ0) is 17.9. The molecule has 0 aliphatic heterocycles. The largest absolute Gasteiger partial charge is 0.468 e. The number of nitrogens with zero attached hydrogens (tertiary/aromatic N) is 1. The molecular formula is C18H24N2O4. The quantitative estimate of drug-likeness (QED) is 0.870. The number of esters is 1. The fourth-order valence-corrected chi connectivity index (χ4v) is 2.49. The summed E-state index contributed by atoms with van der Waals surface area (Å²) in [5.41, 5.74) is 6.94. The first kappa shape index (κ1) is 18.0. The van der Waals surface area contributed by atoms with Crippen LogP contribution in [0.25, 0.3) is 10.9 Å². The Morgan fingerprint density at radius 1 is 1.25 bits per heavy atom. The normalized spacial score (nSPS) is 12.9. The summed E-state index contributed by atoms with van der Waals surface area (Å²) in [7, 11) is 1.32. The van der Waals surface area contributed by atoms with Crippen LogP contribution in [0.2, 0.25) is 0 Å². The molecule has 2 N–H and O–H groups in total. The predicted octanol–water partition coefficient (Wildman–Crippen LogP) is 2.86. The fourth-order valence-electron chi connectivity index (χ4n) is 2.49. The molecule has 0 spiro atoms. The number of para-hydroxylation sites is 1. The van der Waals surface area contributed by atoms with Crippen LogP contribution in [-0.4, -0.2) is 35.4 Å². The molecule has 0 aliphatic carbocycles. The smallest absolute Gasteiger partial charge is 0.419 e. The molecule has 1 heterocycles. The minimum Gasteiger partial charge on any atom is -0.468 e. The number of nitrogens with two attached hydrogens (primary N) is 1. The predicted molar refractivity (Wildman–Crippen MR) is 91.9 cm³/mol. The third kappa shape index (κ3) is 4.14. The molecule has 0 amide bonds. The summed E-state index contributed by atoms with van der Waals surface area (Å²) >= 11 is 0. The number of hydrogen-bond donors (Lipinski definition) is 1. The van der Waals surface area contributed by atoms with Gasteiger partial charge in [-0.2, -0.15) is 0 Å². The summed E-state index contributed by atoms with van der Waals surface area (Å²) in [5, 5.41) is 0.945.